The second kappa shape index (κ2) is 7.07. The first-order valence-electron chi connectivity index (χ1n) is 7.19. The highest BCUT2D eigenvalue weighted by atomic mass is 19.1. The molecule has 1 amide bonds. The number of carbonyl (C=O) groups excluding carboxylic acids is 1. The van der Waals surface area contributed by atoms with E-state index in [1.165, 1.54) is 6.07 Å². The fraction of sp³-hybridized carbons (Fsp3) is 0.294. The lowest BCUT2D eigenvalue weighted by atomic mass is 10.0. The second-order valence-electron chi connectivity index (χ2n) is 5.49. The van der Waals surface area contributed by atoms with Crippen LogP contribution in [0.5, 0.6) is 0 Å². The number of nitrogens with zero attached hydrogens (tertiary/aromatic N) is 2. The summed E-state index contributed by atoms with van der Waals surface area (Å²) in [6.45, 7) is 1.72. The van der Waals surface area contributed by atoms with Crippen LogP contribution in [-0.4, -0.2) is 34.6 Å². The number of carbonyl (C=O) groups is 1. The highest BCUT2D eigenvalue weighted by molar-refractivity contribution is 5.80. The lowest BCUT2D eigenvalue weighted by Gasteiger charge is -2.34. The van der Waals surface area contributed by atoms with Crippen molar-refractivity contribution in [2.24, 2.45) is 0 Å². The van der Waals surface area contributed by atoms with Gasteiger partial charge >= 0.3 is 0 Å². The van der Waals surface area contributed by atoms with Gasteiger partial charge in [-0.1, -0.05) is 18.2 Å². The number of amides is 1. The highest BCUT2D eigenvalue weighted by Crippen LogP contribution is 2.18. The Hall–Kier alpha value is -2.65. The van der Waals surface area contributed by atoms with Crippen molar-refractivity contribution in [2.75, 3.05) is 13.2 Å². The predicted molar refractivity (Wildman–Crippen MR) is 83.3 cm³/mol. The van der Waals surface area contributed by atoms with Gasteiger partial charge in [-0.25, -0.2) is 4.39 Å². The van der Waals surface area contributed by atoms with Crippen LogP contribution in [0.25, 0.3) is 0 Å². The van der Waals surface area contributed by atoms with Gasteiger partial charge in [-0.2, -0.15) is 5.26 Å². The molecule has 1 atom stereocenters. The van der Waals surface area contributed by atoms with Crippen molar-refractivity contribution in [3.05, 3.63) is 59.7 Å². The summed E-state index contributed by atoms with van der Waals surface area (Å²) in [5.41, 5.74) is -0.0828. The van der Waals surface area contributed by atoms with Crippen molar-refractivity contribution in [3.8, 4) is 6.07 Å². The summed E-state index contributed by atoms with van der Waals surface area (Å²) in [6, 6.07) is 8.20. The van der Waals surface area contributed by atoms with Gasteiger partial charge < -0.3 is 15.3 Å². The molecule has 23 heavy (non-hydrogen) atoms. The SMILES string of the molecule is CC(C#N)(CO)N1C=CC(NC(=O)Cc2ccccc2F)=CC1. The van der Waals surface area contributed by atoms with Crippen molar-refractivity contribution in [3.63, 3.8) is 0 Å². The molecule has 0 aromatic heterocycles. The first kappa shape index (κ1) is 16.7. The third-order valence-electron chi connectivity index (χ3n) is 3.72. The van der Waals surface area contributed by atoms with Gasteiger partial charge in [0.1, 0.15) is 11.4 Å². The minimum absolute atomic E-state index is 0.0475. The monoisotopic (exact) mass is 315 g/mol. The Bertz CT molecular complexity index is 693. The summed E-state index contributed by atoms with van der Waals surface area (Å²) >= 11 is 0. The van der Waals surface area contributed by atoms with Crippen LogP contribution < -0.4 is 5.32 Å². The van der Waals surface area contributed by atoms with E-state index < -0.39 is 11.4 Å². The normalized spacial score (nSPS) is 16.3. The van der Waals surface area contributed by atoms with Crippen molar-refractivity contribution < 1.29 is 14.3 Å². The Morgan fingerprint density at radius 2 is 2.26 bits per heavy atom. The third-order valence-corrected chi connectivity index (χ3v) is 3.72. The summed E-state index contributed by atoms with van der Waals surface area (Å²) < 4.78 is 13.5. The van der Waals surface area contributed by atoms with Gasteiger partial charge in [-0.05, 0) is 30.7 Å². The van der Waals surface area contributed by atoms with E-state index in [0.717, 1.165) is 0 Å². The minimum Gasteiger partial charge on any atom is -0.393 e. The maximum absolute atomic E-state index is 13.5. The van der Waals surface area contributed by atoms with Crippen LogP contribution in [0, 0.1) is 17.1 Å². The third kappa shape index (κ3) is 3.96. The Morgan fingerprint density at radius 1 is 1.52 bits per heavy atom. The van der Waals surface area contributed by atoms with Crippen LogP contribution in [0.2, 0.25) is 0 Å². The molecule has 5 nitrogen and oxygen atoms in total. The highest BCUT2D eigenvalue weighted by Gasteiger charge is 2.29. The van der Waals surface area contributed by atoms with Crippen LogP contribution in [0.15, 0.2) is 48.3 Å². The molecule has 0 saturated heterocycles. The van der Waals surface area contributed by atoms with Crippen molar-refractivity contribution >= 4 is 5.91 Å². The van der Waals surface area contributed by atoms with E-state index in [0.29, 0.717) is 17.8 Å². The topological polar surface area (TPSA) is 76.4 Å². The van der Waals surface area contributed by atoms with Gasteiger partial charge in [-0.15, -0.1) is 0 Å². The van der Waals surface area contributed by atoms with Crippen LogP contribution in [0.3, 0.4) is 0 Å². The molecule has 0 aliphatic carbocycles. The number of halogens is 1. The van der Waals surface area contributed by atoms with Crippen LogP contribution in [0.1, 0.15) is 12.5 Å². The molecule has 2 rings (SSSR count). The number of rotatable bonds is 5. The molecule has 1 aliphatic heterocycles. The minimum atomic E-state index is -1.00. The van der Waals surface area contributed by atoms with E-state index in [1.807, 2.05) is 0 Å². The first-order valence-corrected chi connectivity index (χ1v) is 7.19. The fourth-order valence-electron chi connectivity index (χ4n) is 2.16. The second-order valence-corrected chi connectivity index (χ2v) is 5.49. The molecular weight excluding hydrogens is 297 g/mol. The number of hydrogen-bond acceptors (Lipinski definition) is 4. The number of hydrogen-bond donors (Lipinski definition) is 2. The molecule has 1 aliphatic rings. The van der Waals surface area contributed by atoms with E-state index in [-0.39, 0.29) is 18.9 Å². The van der Waals surface area contributed by atoms with E-state index in [4.69, 9.17) is 5.26 Å². The maximum atomic E-state index is 13.5. The van der Waals surface area contributed by atoms with Crippen LogP contribution in [-0.2, 0) is 11.2 Å². The number of allylic oxidation sites excluding steroid dienone is 1. The van der Waals surface area contributed by atoms with E-state index >= 15 is 0 Å². The molecule has 120 valence electrons. The molecule has 0 bridgehead atoms. The van der Waals surface area contributed by atoms with E-state index in [9.17, 15) is 14.3 Å². The summed E-state index contributed by atoms with van der Waals surface area (Å²) in [5.74, 6) is -0.723. The Kier molecular flexibility index (Phi) is 5.14. The lowest BCUT2D eigenvalue weighted by molar-refractivity contribution is -0.119. The van der Waals surface area contributed by atoms with Crippen LogP contribution >= 0.6 is 0 Å². The first-order chi connectivity index (χ1) is 11.0. The Balaban J connectivity index is 1.95. The van der Waals surface area contributed by atoms with Gasteiger partial charge in [0.05, 0.1) is 19.1 Å². The molecule has 0 fully saturated rings. The number of aliphatic hydroxyl groups excluding tert-OH is 1. The molecule has 6 heteroatoms. The molecule has 1 aromatic rings. The zero-order valence-corrected chi connectivity index (χ0v) is 12.8. The molecule has 0 saturated carbocycles. The van der Waals surface area contributed by atoms with Crippen molar-refractivity contribution in [1.82, 2.24) is 10.2 Å². The zero-order chi connectivity index (χ0) is 16.9. The number of aliphatic hydroxyl groups is 1. The maximum Gasteiger partial charge on any atom is 0.228 e. The number of nitrogens with one attached hydrogen (secondary N) is 1. The van der Waals surface area contributed by atoms with Crippen LogP contribution in [0.4, 0.5) is 4.39 Å². The molecule has 1 aromatic carbocycles. The lowest BCUT2D eigenvalue weighted by Crippen LogP contribution is -2.46. The quantitative estimate of drug-likeness (QED) is 0.863. The predicted octanol–water partition coefficient (Wildman–Crippen LogP) is 1.47. The summed E-state index contributed by atoms with van der Waals surface area (Å²) in [5, 5.41) is 21.1. The average Bonchev–Trinajstić information content (AvgIpc) is 2.57. The van der Waals surface area contributed by atoms with Gasteiger partial charge in [0.25, 0.3) is 0 Å². The van der Waals surface area contributed by atoms with Gasteiger partial charge in [0, 0.05) is 18.4 Å². The largest absolute Gasteiger partial charge is 0.393 e. The summed E-state index contributed by atoms with van der Waals surface area (Å²) in [7, 11) is 0. The van der Waals surface area contributed by atoms with Gasteiger partial charge in [-0.3, -0.25) is 4.79 Å². The standard InChI is InChI=1S/C17H18FN3O2/c1-17(11-19,12-22)21-8-6-14(7-9-21)20-16(23)10-13-4-2-3-5-15(13)18/h2-8,22H,9-10,12H2,1H3,(H,20,23). The Labute approximate surface area is 134 Å². The molecular formula is C17H18FN3O2. The Morgan fingerprint density at radius 3 is 2.83 bits per heavy atom. The molecule has 2 N–H and O–H groups in total. The van der Waals surface area contributed by atoms with E-state index in [2.05, 4.69) is 11.4 Å². The zero-order valence-electron chi connectivity index (χ0n) is 12.8. The molecule has 1 unspecified atom stereocenters. The molecule has 0 radical (unpaired) electrons. The fourth-order valence-corrected chi connectivity index (χ4v) is 2.16. The van der Waals surface area contributed by atoms with Crippen molar-refractivity contribution in [2.45, 2.75) is 18.9 Å². The number of benzene rings is 1. The molecule has 0 spiro atoms. The van der Waals surface area contributed by atoms with Gasteiger partial charge in [0.15, 0.2) is 0 Å². The summed E-state index contributed by atoms with van der Waals surface area (Å²) in [6.07, 6.45) is 4.99. The summed E-state index contributed by atoms with van der Waals surface area (Å²) in [4.78, 5) is 13.6. The average molecular weight is 315 g/mol. The smallest absolute Gasteiger partial charge is 0.228 e. The van der Waals surface area contributed by atoms with Gasteiger partial charge in [0.2, 0.25) is 5.91 Å². The molecule has 1 heterocycles. The van der Waals surface area contributed by atoms with E-state index in [1.54, 1.807) is 48.4 Å². The van der Waals surface area contributed by atoms with Crippen molar-refractivity contribution in [1.29, 1.82) is 5.26 Å². The number of nitriles is 1.